The highest BCUT2D eigenvalue weighted by Crippen LogP contribution is 2.38. The van der Waals surface area contributed by atoms with Gasteiger partial charge < -0.3 is 9.64 Å². The highest BCUT2D eigenvalue weighted by Gasteiger charge is 2.36. The van der Waals surface area contributed by atoms with Gasteiger partial charge in [-0.1, -0.05) is 18.2 Å². The molecular formula is C19H18F3N5O2. The van der Waals surface area contributed by atoms with Gasteiger partial charge in [-0.25, -0.2) is 14.6 Å². The van der Waals surface area contributed by atoms with E-state index >= 15 is 0 Å². The second-order valence-corrected chi connectivity index (χ2v) is 6.83. The second-order valence-electron chi connectivity index (χ2n) is 6.83. The standard InChI is InChI=1S/C19H18F3N5O2/c1-29-16(28)10-27-18-14(8-25-27)17(23-11-24-18)26(13-6-7-13)9-12-4-2-3-5-15(12)19(20,21)22/h2-5,8,11,13H,6-7,9-10H2,1H3. The van der Waals surface area contributed by atoms with Crippen LogP contribution in [0.1, 0.15) is 24.0 Å². The monoisotopic (exact) mass is 405 g/mol. The van der Waals surface area contributed by atoms with Crippen LogP contribution in [-0.2, 0) is 28.8 Å². The lowest BCUT2D eigenvalue weighted by atomic mass is 10.1. The van der Waals surface area contributed by atoms with Gasteiger partial charge in [0.05, 0.1) is 24.3 Å². The number of rotatable bonds is 6. The van der Waals surface area contributed by atoms with Crippen LogP contribution in [0.5, 0.6) is 0 Å². The molecule has 0 radical (unpaired) electrons. The Morgan fingerprint density at radius 2 is 2.03 bits per heavy atom. The van der Waals surface area contributed by atoms with E-state index in [0.717, 1.165) is 18.9 Å². The Labute approximate surface area is 164 Å². The molecule has 0 atom stereocenters. The molecule has 0 bridgehead atoms. The number of hydrogen-bond donors (Lipinski definition) is 0. The predicted molar refractivity (Wildman–Crippen MR) is 98.0 cm³/mol. The lowest BCUT2D eigenvalue weighted by molar-refractivity contribution is -0.141. The van der Waals surface area contributed by atoms with Gasteiger partial charge in [0.15, 0.2) is 5.65 Å². The molecule has 7 nitrogen and oxygen atoms in total. The van der Waals surface area contributed by atoms with Gasteiger partial charge in [0, 0.05) is 12.6 Å². The quantitative estimate of drug-likeness (QED) is 0.587. The molecule has 0 unspecified atom stereocenters. The van der Waals surface area contributed by atoms with Crippen molar-refractivity contribution in [3.8, 4) is 0 Å². The van der Waals surface area contributed by atoms with Crippen molar-refractivity contribution in [2.24, 2.45) is 0 Å². The summed E-state index contributed by atoms with van der Waals surface area (Å²) < 4.78 is 46.3. The summed E-state index contributed by atoms with van der Waals surface area (Å²) in [6.45, 7) is -0.0502. The zero-order chi connectivity index (χ0) is 20.6. The second kappa shape index (κ2) is 7.34. The summed E-state index contributed by atoms with van der Waals surface area (Å²) in [5.41, 5.74) is -0.0480. The predicted octanol–water partition coefficient (Wildman–Crippen LogP) is 3.19. The van der Waals surface area contributed by atoms with Gasteiger partial charge in [-0.15, -0.1) is 0 Å². The molecule has 1 aromatic carbocycles. The topological polar surface area (TPSA) is 73.1 Å². The Bertz CT molecular complexity index is 1050. The number of benzene rings is 1. The number of carbonyl (C=O) groups excluding carboxylic acids is 1. The number of hydrogen-bond acceptors (Lipinski definition) is 6. The van der Waals surface area contributed by atoms with E-state index in [1.54, 1.807) is 6.07 Å². The number of halogens is 3. The molecule has 0 spiro atoms. The zero-order valence-corrected chi connectivity index (χ0v) is 15.6. The van der Waals surface area contributed by atoms with Crippen LogP contribution >= 0.6 is 0 Å². The van der Waals surface area contributed by atoms with E-state index in [4.69, 9.17) is 0 Å². The highest BCUT2D eigenvalue weighted by atomic mass is 19.4. The summed E-state index contributed by atoms with van der Waals surface area (Å²) >= 11 is 0. The van der Waals surface area contributed by atoms with Crippen LogP contribution in [0.2, 0.25) is 0 Å². The minimum atomic E-state index is -4.43. The van der Waals surface area contributed by atoms with Crippen LogP contribution in [0.3, 0.4) is 0 Å². The van der Waals surface area contributed by atoms with Crippen molar-refractivity contribution in [3.05, 3.63) is 47.9 Å². The lowest BCUT2D eigenvalue weighted by Crippen LogP contribution is -2.27. The number of esters is 1. The van der Waals surface area contributed by atoms with E-state index in [9.17, 15) is 18.0 Å². The summed E-state index contributed by atoms with van der Waals surface area (Å²) in [5.74, 6) is 0.0268. The van der Waals surface area contributed by atoms with Crippen LogP contribution in [0, 0.1) is 0 Å². The van der Waals surface area contributed by atoms with Crippen molar-refractivity contribution in [1.82, 2.24) is 19.7 Å². The summed E-state index contributed by atoms with van der Waals surface area (Å²) in [4.78, 5) is 22.0. The fraction of sp³-hybridized carbons (Fsp3) is 0.368. The van der Waals surface area contributed by atoms with E-state index in [2.05, 4.69) is 19.8 Å². The summed E-state index contributed by atoms with van der Waals surface area (Å²) in [6, 6.07) is 5.65. The molecule has 1 fully saturated rings. The summed E-state index contributed by atoms with van der Waals surface area (Å²) in [6.07, 6.45) is 0.168. The van der Waals surface area contributed by atoms with Gasteiger partial charge in [0.2, 0.25) is 0 Å². The van der Waals surface area contributed by atoms with Crippen LogP contribution in [-0.4, -0.2) is 38.9 Å². The molecule has 2 heterocycles. The van der Waals surface area contributed by atoms with E-state index in [1.807, 2.05) is 4.90 Å². The lowest BCUT2D eigenvalue weighted by Gasteiger charge is -2.25. The third-order valence-corrected chi connectivity index (χ3v) is 4.84. The maximum atomic E-state index is 13.4. The average Bonchev–Trinajstić information content (AvgIpc) is 3.46. The van der Waals surface area contributed by atoms with Crippen molar-refractivity contribution in [1.29, 1.82) is 0 Å². The maximum Gasteiger partial charge on any atom is 0.416 e. The molecule has 1 aliphatic carbocycles. The first-order valence-electron chi connectivity index (χ1n) is 9.03. The number of anilines is 1. The molecule has 0 N–H and O–H groups in total. The zero-order valence-electron chi connectivity index (χ0n) is 15.6. The van der Waals surface area contributed by atoms with Gasteiger partial charge in [0.25, 0.3) is 0 Å². The number of ether oxygens (including phenoxy) is 1. The molecule has 0 saturated heterocycles. The van der Waals surface area contributed by atoms with Crippen molar-refractivity contribution in [2.75, 3.05) is 12.0 Å². The maximum absolute atomic E-state index is 13.4. The Kier molecular flexibility index (Phi) is 4.85. The molecule has 10 heteroatoms. The normalized spacial score (nSPS) is 14.2. The Morgan fingerprint density at radius 3 is 2.72 bits per heavy atom. The van der Waals surface area contributed by atoms with E-state index in [-0.39, 0.29) is 24.7 Å². The van der Waals surface area contributed by atoms with E-state index in [1.165, 1.54) is 36.4 Å². The highest BCUT2D eigenvalue weighted by molar-refractivity contribution is 5.87. The van der Waals surface area contributed by atoms with Crippen molar-refractivity contribution < 1.29 is 22.7 Å². The molecule has 1 saturated carbocycles. The van der Waals surface area contributed by atoms with Gasteiger partial charge in [-0.2, -0.15) is 18.3 Å². The molecule has 29 heavy (non-hydrogen) atoms. The summed E-state index contributed by atoms with van der Waals surface area (Å²) in [7, 11) is 1.28. The van der Waals surface area contributed by atoms with Gasteiger partial charge in [-0.3, -0.25) is 4.79 Å². The number of alkyl halides is 3. The first-order valence-corrected chi connectivity index (χ1v) is 9.03. The van der Waals surface area contributed by atoms with Gasteiger partial charge >= 0.3 is 12.1 Å². The molecule has 2 aromatic heterocycles. The van der Waals surface area contributed by atoms with E-state index < -0.39 is 17.7 Å². The number of carbonyl (C=O) groups is 1. The largest absolute Gasteiger partial charge is 0.468 e. The van der Waals surface area contributed by atoms with E-state index in [0.29, 0.717) is 16.9 Å². The molecule has 0 aliphatic heterocycles. The van der Waals surface area contributed by atoms with Crippen LogP contribution < -0.4 is 4.90 Å². The number of methoxy groups -OCH3 is 1. The first kappa shape index (κ1) is 19.2. The molecule has 152 valence electrons. The SMILES string of the molecule is COC(=O)Cn1ncc2c(N(Cc3ccccc3C(F)(F)F)C3CC3)ncnc21. The third kappa shape index (κ3) is 3.87. The Morgan fingerprint density at radius 1 is 1.28 bits per heavy atom. The average molecular weight is 405 g/mol. The van der Waals surface area contributed by atoms with Gasteiger partial charge in [0.1, 0.15) is 18.7 Å². The number of nitrogens with zero attached hydrogens (tertiary/aromatic N) is 5. The first-order chi connectivity index (χ1) is 13.9. The molecule has 0 amide bonds. The summed E-state index contributed by atoms with van der Waals surface area (Å²) in [5, 5.41) is 4.75. The minimum Gasteiger partial charge on any atom is -0.468 e. The van der Waals surface area contributed by atoms with Crippen LogP contribution in [0.15, 0.2) is 36.8 Å². The van der Waals surface area contributed by atoms with Crippen molar-refractivity contribution in [3.63, 3.8) is 0 Å². The smallest absolute Gasteiger partial charge is 0.416 e. The number of aromatic nitrogens is 4. The van der Waals surface area contributed by atoms with Gasteiger partial charge in [-0.05, 0) is 24.5 Å². The fourth-order valence-electron chi connectivity index (χ4n) is 3.29. The molecular weight excluding hydrogens is 387 g/mol. The molecule has 4 rings (SSSR count). The Hall–Kier alpha value is -3.17. The fourth-order valence-corrected chi connectivity index (χ4v) is 3.29. The van der Waals surface area contributed by atoms with Crippen molar-refractivity contribution >= 4 is 22.8 Å². The number of fused-ring (bicyclic) bond motifs is 1. The van der Waals surface area contributed by atoms with Crippen LogP contribution in [0.25, 0.3) is 11.0 Å². The molecule has 1 aliphatic rings. The molecule has 3 aromatic rings. The Balaban J connectivity index is 1.73. The minimum absolute atomic E-state index is 0.0641. The van der Waals surface area contributed by atoms with Crippen LogP contribution in [0.4, 0.5) is 19.0 Å². The third-order valence-electron chi connectivity index (χ3n) is 4.84. The van der Waals surface area contributed by atoms with Crippen molar-refractivity contribution in [2.45, 2.75) is 38.1 Å².